The molecule has 0 saturated carbocycles. The molecule has 0 aliphatic carbocycles. The fourth-order valence-corrected chi connectivity index (χ4v) is 4.84. The molecule has 0 atom stereocenters. The number of carbonyl (C=O) groups excluding carboxylic acids is 1. The standard InChI is InChI=1S/C10H12O3.C9H12O2.C8H9ClO4S.C8H10O2/c1-7-4-10(13-3)8(6-11)5-9(7)12-2;1-7-6-8(10-2)4-5-9(7)11-3;1-12-6-3-4-7(13-2)8(5-6)14(9,10)11;1-9-7-3-5-8(10-2)6-4-7/h4-6H,1-3H3;4-6H,1-3H3;3-5H,1-2H3;3-6H,1-2H3. The second kappa shape index (κ2) is 21.1. The van der Waals surface area contributed by atoms with Gasteiger partial charge >= 0.3 is 0 Å². The number of aldehydes is 1. The highest BCUT2D eigenvalue weighted by atomic mass is 35.7. The molecule has 0 aliphatic heterocycles. The molecule has 0 N–H and O–H groups in total. The van der Waals surface area contributed by atoms with E-state index in [1.54, 1.807) is 53.7 Å². The summed E-state index contributed by atoms with van der Waals surface area (Å²) in [6.45, 7) is 3.89. The van der Waals surface area contributed by atoms with Crippen molar-refractivity contribution in [2.24, 2.45) is 0 Å². The van der Waals surface area contributed by atoms with Gasteiger partial charge in [0, 0.05) is 16.7 Å². The molecule has 0 aromatic heterocycles. The first-order valence-corrected chi connectivity index (χ1v) is 16.4. The molecule has 0 amide bonds. The number of carbonyl (C=O) groups is 1. The lowest BCUT2D eigenvalue weighted by Gasteiger charge is -2.08. The fourth-order valence-electron chi connectivity index (χ4n) is 3.83. The zero-order chi connectivity index (χ0) is 36.3. The number of benzene rings is 4. The quantitative estimate of drug-likeness (QED) is 0.123. The Morgan fingerprint density at radius 3 is 1.25 bits per heavy atom. The maximum atomic E-state index is 11.1. The Bertz CT molecular complexity index is 1650. The van der Waals surface area contributed by atoms with Crippen molar-refractivity contribution in [3.63, 3.8) is 0 Å². The van der Waals surface area contributed by atoms with Crippen LogP contribution in [0.25, 0.3) is 0 Å². The summed E-state index contributed by atoms with van der Waals surface area (Å²) in [7, 11) is 13.9. The van der Waals surface area contributed by atoms with Gasteiger partial charge in [-0.15, -0.1) is 0 Å². The number of halogens is 1. The predicted molar refractivity (Wildman–Crippen MR) is 186 cm³/mol. The minimum Gasteiger partial charge on any atom is -0.497 e. The number of rotatable bonds is 10. The minimum atomic E-state index is -3.81. The van der Waals surface area contributed by atoms with Crippen LogP contribution in [0, 0.1) is 13.8 Å². The van der Waals surface area contributed by atoms with Gasteiger partial charge in [0.15, 0.2) is 6.29 Å². The van der Waals surface area contributed by atoms with Gasteiger partial charge < -0.3 is 37.9 Å². The monoisotopic (exact) mass is 706 g/mol. The second-order valence-corrected chi connectivity index (χ2v) is 11.9. The molecule has 4 aromatic carbocycles. The normalized spacial score (nSPS) is 9.81. The van der Waals surface area contributed by atoms with Gasteiger partial charge in [-0.05, 0) is 91.7 Å². The molecule has 0 aliphatic rings. The Hall–Kier alpha value is -4.81. The summed E-state index contributed by atoms with van der Waals surface area (Å²) in [4.78, 5) is 10.5. The van der Waals surface area contributed by atoms with Gasteiger partial charge in [0.1, 0.15) is 50.9 Å². The number of aryl methyl sites for hydroxylation is 2. The van der Waals surface area contributed by atoms with Crippen molar-refractivity contribution < 1.29 is 51.1 Å². The van der Waals surface area contributed by atoms with E-state index >= 15 is 0 Å². The van der Waals surface area contributed by atoms with Crippen LogP contribution in [0.15, 0.2) is 77.7 Å². The van der Waals surface area contributed by atoms with Crippen molar-refractivity contribution >= 4 is 26.0 Å². The summed E-state index contributed by atoms with van der Waals surface area (Å²) in [5.74, 6) is 5.33. The van der Waals surface area contributed by atoms with E-state index in [9.17, 15) is 13.2 Å². The average Bonchev–Trinajstić information content (AvgIpc) is 3.11. The maximum Gasteiger partial charge on any atom is 0.265 e. The molecule has 0 heterocycles. The van der Waals surface area contributed by atoms with Crippen molar-refractivity contribution in [3.05, 3.63) is 89.5 Å². The van der Waals surface area contributed by atoms with Crippen LogP contribution in [0.2, 0.25) is 0 Å². The van der Waals surface area contributed by atoms with Crippen LogP contribution in [0.5, 0.6) is 46.0 Å². The Morgan fingerprint density at radius 2 is 0.875 bits per heavy atom. The first kappa shape index (κ1) is 41.2. The molecular weight excluding hydrogens is 664 g/mol. The van der Waals surface area contributed by atoms with Gasteiger partial charge in [0.2, 0.25) is 0 Å². The van der Waals surface area contributed by atoms with E-state index in [2.05, 4.69) is 0 Å². The third-order valence-corrected chi connectivity index (χ3v) is 7.75. The summed E-state index contributed by atoms with van der Waals surface area (Å²) in [6.07, 6.45) is 0.751. The van der Waals surface area contributed by atoms with Crippen LogP contribution < -0.4 is 37.9 Å². The molecule has 4 aromatic rings. The summed E-state index contributed by atoms with van der Waals surface area (Å²) < 4.78 is 62.1. The Morgan fingerprint density at radius 1 is 0.479 bits per heavy atom. The lowest BCUT2D eigenvalue weighted by Crippen LogP contribution is -1.96. The molecule has 0 saturated heterocycles. The van der Waals surface area contributed by atoms with E-state index in [4.69, 9.17) is 48.6 Å². The van der Waals surface area contributed by atoms with Crippen LogP contribution >= 0.6 is 10.7 Å². The number of hydrogen-bond acceptors (Lipinski definition) is 11. The largest absolute Gasteiger partial charge is 0.497 e. The van der Waals surface area contributed by atoms with E-state index in [-0.39, 0.29) is 10.6 Å². The molecule has 262 valence electrons. The van der Waals surface area contributed by atoms with Crippen LogP contribution in [0.1, 0.15) is 21.5 Å². The molecule has 0 radical (unpaired) electrons. The molecule has 11 nitrogen and oxygen atoms in total. The van der Waals surface area contributed by atoms with Crippen molar-refractivity contribution in [1.29, 1.82) is 0 Å². The Labute approximate surface area is 287 Å². The summed E-state index contributed by atoms with van der Waals surface area (Å²) >= 11 is 0. The summed E-state index contributed by atoms with van der Waals surface area (Å²) in [6, 6.07) is 21.0. The first-order valence-electron chi connectivity index (χ1n) is 14.1. The van der Waals surface area contributed by atoms with Crippen molar-refractivity contribution in [2.75, 3.05) is 56.9 Å². The summed E-state index contributed by atoms with van der Waals surface area (Å²) in [5.41, 5.74) is 2.54. The van der Waals surface area contributed by atoms with E-state index in [1.165, 1.54) is 33.5 Å². The molecule has 0 spiro atoms. The molecule has 0 bridgehead atoms. The lowest BCUT2D eigenvalue weighted by molar-refractivity contribution is 0.112. The highest BCUT2D eigenvalue weighted by Gasteiger charge is 2.17. The highest BCUT2D eigenvalue weighted by molar-refractivity contribution is 8.13. The highest BCUT2D eigenvalue weighted by Crippen LogP contribution is 2.30. The van der Waals surface area contributed by atoms with Crippen LogP contribution in [0.3, 0.4) is 0 Å². The van der Waals surface area contributed by atoms with E-state index < -0.39 is 9.05 Å². The van der Waals surface area contributed by atoms with Gasteiger partial charge in [-0.1, -0.05) is 0 Å². The lowest BCUT2D eigenvalue weighted by atomic mass is 10.1. The third kappa shape index (κ3) is 13.1. The van der Waals surface area contributed by atoms with E-state index in [1.807, 2.05) is 56.3 Å². The topological polar surface area (TPSA) is 125 Å². The van der Waals surface area contributed by atoms with Crippen LogP contribution in [-0.4, -0.2) is 71.6 Å². The maximum absolute atomic E-state index is 11.1. The SMILES string of the molecule is COc1cc(C=O)c(OC)cc1C.COc1ccc(OC)c(C)c1.COc1ccc(OC)c(S(=O)(=O)Cl)c1.COc1ccc(OC)cc1. The van der Waals surface area contributed by atoms with Gasteiger partial charge in [-0.25, -0.2) is 8.42 Å². The predicted octanol–water partition coefficient (Wildman–Crippen LogP) is 7.17. The van der Waals surface area contributed by atoms with E-state index in [0.29, 0.717) is 22.8 Å². The number of hydrogen-bond donors (Lipinski definition) is 0. The number of methoxy groups -OCH3 is 8. The fraction of sp³-hybridized carbons (Fsp3) is 0.286. The minimum absolute atomic E-state index is 0.0963. The summed E-state index contributed by atoms with van der Waals surface area (Å²) in [5, 5.41) is 0. The molecule has 48 heavy (non-hydrogen) atoms. The third-order valence-electron chi connectivity index (χ3n) is 6.40. The second-order valence-electron chi connectivity index (χ2n) is 9.35. The van der Waals surface area contributed by atoms with Gasteiger partial charge in [0.05, 0.1) is 62.4 Å². The van der Waals surface area contributed by atoms with Crippen molar-refractivity contribution in [1.82, 2.24) is 0 Å². The first-order chi connectivity index (χ1) is 22.8. The molecule has 0 unspecified atom stereocenters. The zero-order valence-corrected chi connectivity index (χ0v) is 30.4. The Balaban J connectivity index is 0.000000322. The van der Waals surface area contributed by atoms with Crippen molar-refractivity contribution in [2.45, 2.75) is 18.7 Å². The van der Waals surface area contributed by atoms with Gasteiger partial charge in [0.25, 0.3) is 9.05 Å². The molecule has 13 heteroatoms. The molecular formula is C35H43ClO11S. The number of ether oxygens (including phenoxy) is 8. The average molecular weight is 707 g/mol. The van der Waals surface area contributed by atoms with Crippen molar-refractivity contribution in [3.8, 4) is 46.0 Å². The molecule has 0 fully saturated rings. The van der Waals surface area contributed by atoms with Gasteiger partial charge in [-0.2, -0.15) is 0 Å². The van der Waals surface area contributed by atoms with Crippen LogP contribution in [0.4, 0.5) is 0 Å². The Kier molecular flexibility index (Phi) is 18.2. The van der Waals surface area contributed by atoms with Gasteiger partial charge in [-0.3, -0.25) is 4.79 Å². The van der Waals surface area contributed by atoms with Crippen LogP contribution in [-0.2, 0) is 9.05 Å². The zero-order valence-electron chi connectivity index (χ0n) is 28.8. The smallest absolute Gasteiger partial charge is 0.265 e. The van der Waals surface area contributed by atoms with E-state index in [0.717, 1.165) is 40.4 Å². The molecule has 4 rings (SSSR count).